The Hall–Kier alpha value is -3.47. The van der Waals surface area contributed by atoms with Crippen LogP contribution in [0.3, 0.4) is 0 Å². The van der Waals surface area contributed by atoms with Crippen molar-refractivity contribution in [2.24, 2.45) is 0 Å². The summed E-state index contributed by atoms with van der Waals surface area (Å²) >= 11 is 4.64. The van der Waals surface area contributed by atoms with Crippen molar-refractivity contribution in [3.8, 4) is 0 Å². The van der Waals surface area contributed by atoms with Crippen molar-refractivity contribution in [3.05, 3.63) is 104 Å². The molecule has 4 rings (SSSR count). The van der Waals surface area contributed by atoms with Gasteiger partial charge in [-0.25, -0.2) is 4.98 Å². The molecular weight excluding hydrogens is 568 g/mol. The molecule has 0 unspecified atom stereocenters. The molecule has 10 heteroatoms. The highest BCUT2D eigenvalue weighted by atomic mass is 79.9. The first-order valence-electron chi connectivity index (χ1n) is 11.9. The number of nitrogens with zero attached hydrogens (tertiary/aromatic N) is 2. The molecule has 3 aromatic carbocycles. The molecule has 8 nitrogen and oxygen atoms in total. The molecule has 2 amide bonds. The normalized spacial score (nSPS) is 10.9. The fraction of sp³-hybridized carbons (Fsp3) is 0.214. The van der Waals surface area contributed by atoms with E-state index in [1.807, 2.05) is 48.5 Å². The minimum absolute atomic E-state index is 0.113. The molecule has 0 aliphatic rings. The van der Waals surface area contributed by atoms with E-state index in [9.17, 15) is 14.4 Å². The van der Waals surface area contributed by atoms with Gasteiger partial charge in [0.1, 0.15) is 0 Å². The van der Waals surface area contributed by atoms with Gasteiger partial charge in [-0.3, -0.25) is 19.0 Å². The fourth-order valence-electron chi connectivity index (χ4n) is 3.71. The number of amides is 2. The Morgan fingerprint density at radius 2 is 1.76 bits per heavy atom. The van der Waals surface area contributed by atoms with E-state index in [1.165, 1.54) is 11.8 Å². The molecule has 0 radical (unpaired) electrons. The van der Waals surface area contributed by atoms with E-state index in [4.69, 9.17) is 9.72 Å². The van der Waals surface area contributed by atoms with Gasteiger partial charge >= 0.3 is 0 Å². The van der Waals surface area contributed by atoms with Gasteiger partial charge in [0.25, 0.3) is 11.5 Å². The van der Waals surface area contributed by atoms with Crippen molar-refractivity contribution in [1.29, 1.82) is 0 Å². The molecule has 0 saturated carbocycles. The molecule has 196 valence electrons. The summed E-state index contributed by atoms with van der Waals surface area (Å²) in [5, 5.41) is 6.62. The highest BCUT2D eigenvalue weighted by Gasteiger charge is 2.15. The zero-order valence-corrected chi connectivity index (χ0v) is 23.2. The van der Waals surface area contributed by atoms with Gasteiger partial charge in [0.15, 0.2) is 5.16 Å². The van der Waals surface area contributed by atoms with Crippen LogP contribution in [0.4, 0.5) is 0 Å². The molecule has 0 aliphatic carbocycles. The second kappa shape index (κ2) is 13.4. The Labute approximate surface area is 232 Å². The maximum atomic E-state index is 13.5. The third-order valence-corrected chi connectivity index (χ3v) is 7.16. The third kappa shape index (κ3) is 7.31. The van der Waals surface area contributed by atoms with Crippen LogP contribution in [0.15, 0.2) is 87.2 Å². The van der Waals surface area contributed by atoms with E-state index < -0.39 is 0 Å². The molecule has 38 heavy (non-hydrogen) atoms. The Morgan fingerprint density at radius 1 is 1.00 bits per heavy atom. The monoisotopic (exact) mass is 594 g/mol. The molecule has 0 fully saturated rings. The van der Waals surface area contributed by atoms with Crippen molar-refractivity contribution < 1.29 is 14.3 Å². The largest absolute Gasteiger partial charge is 0.383 e. The lowest BCUT2D eigenvalue weighted by Crippen LogP contribution is -2.27. The van der Waals surface area contributed by atoms with Crippen LogP contribution in [0.1, 0.15) is 21.5 Å². The molecule has 0 spiro atoms. The standard InChI is InChI=1S/C28H27BrN4O4S/c1-37-14-13-30-26(35)21-9-7-20(8-10-21)17-33-27(36)23-15-22(29)11-12-24(23)32-28(33)38-18-25(34)31-16-19-5-3-2-4-6-19/h2-12,15H,13-14,16-18H2,1H3,(H,30,35)(H,31,34). The quantitative estimate of drug-likeness (QED) is 0.155. The van der Waals surface area contributed by atoms with E-state index in [1.54, 1.807) is 35.9 Å². The van der Waals surface area contributed by atoms with Gasteiger partial charge in [0.05, 0.1) is 29.8 Å². The van der Waals surface area contributed by atoms with E-state index in [0.29, 0.717) is 41.3 Å². The van der Waals surface area contributed by atoms with E-state index in [0.717, 1.165) is 15.6 Å². The average Bonchev–Trinajstić information content (AvgIpc) is 2.94. The Kier molecular flexibility index (Phi) is 9.69. The number of aromatic nitrogens is 2. The smallest absolute Gasteiger partial charge is 0.262 e. The SMILES string of the molecule is COCCNC(=O)c1ccc(Cn2c(SCC(=O)NCc3ccccc3)nc3ccc(Br)cc3c2=O)cc1. The van der Waals surface area contributed by atoms with Gasteiger partial charge in [-0.2, -0.15) is 0 Å². The summed E-state index contributed by atoms with van der Waals surface area (Å²) in [6, 6.07) is 22.1. The Bertz CT molecular complexity index is 1480. The fourth-order valence-corrected chi connectivity index (χ4v) is 4.90. The van der Waals surface area contributed by atoms with E-state index >= 15 is 0 Å². The summed E-state index contributed by atoms with van der Waals surface area (Å²) in [5.74, 6) is -0.234. The number of fused-ring (bicyclic) bond motifs is 1. The lowest BCUT2D eigenvalue weighted by Gasteiger charge is -2.14. The number of hydrogen-bond acceptors (Lipinski definition) is 6. The number of carbonyl (C=O) groups is 2. The number of carbonyl (C=O) groups excluding carboxylic acids is 2. The van der Waals surface area contributed by atoms with Crippen LogP contribution in [-0.2, 0) is 22.6 Å². The first-order valence-corrected chi connectivity index (χ1v) is 13.7. The average molecular weight is 596 g/mol. The van der Waals surface area contributed by atoms with E-state index in [2.05, 4.69) is 26.6 Å². The van der Waals surface area contributed by atoms with Crippen LogP contribution in [0, 0.1) is 0 Å². The van der Waals surface area contributed by atoms with Crippen molar-refractivity contribution in [2.75, 3.05) is 26.0 Å². The predicted octanol–water partition coefficient (Wildman–Crippen LogP) is 3.99. The van der Waals surface area contributed by atoms with Gasteiger partial charge in [0, 0.05) is 30.2 Å². The summed E-state index contributed by atoms with van der Waals surface area (Å²) < 4.78 is 7.30. The topological polar surface area (TPSA) is 102 Å². The zero-order valence-electron chi connectivity index (χ0n) is 20.8. The highest BCUT2D eigenvalue weighted by molar-refractivity contribution is 9.10. The third-order valence-electron chi connectivity index (χ3n) is 5.69. The van der Waals surface area contributed by atoms with Gasteiger partial charge < -0.3 is 15.4 Å². The molecule has 0 saturated heterocycles. The van der Waals surface area contributed by atoms with Gasteiger partial charge in [-0.15, -0.1) is 0 Å². The summed E-state index contributed by atoms with van der Waals surface area (Å²) in [7, 11) is 1.58. The number of benzene rings is 3. The number of hydrogen-bond donors (Lipinski definition) is 2. The Morgan fingerprint density at radius 3 is 2.50 bits per heavy atom. The van der Waals surface area contributed by atoms with Crippen LogP contribution < -0.4 is 16.2 Å². The maximum absolute atomic E-state index is 13.5. The van der Waals surface area contributed by atoms with Crippen molar-refractivity contribution in [2.45, 2.75) is 18.2 Å². The van der Waals surface area contributed by atoms with Crippen molar-refractivity contribution in [1.82, 2.24) is 20.2 Å². The van der Waals surface area contributed by atoms with Gasteiger partial charge in [0.2, 0.25) is 5.91 Å². The Balaban J connectivity index is 1.53. The van der Waals surface area contributed by atoms with Crippen LogP contribution in [-0.4, -0.2) is 47.4 Å². The van der Waals surface area contributed by atoms with Gasteiger partial charge in [-0.05, 0) is 41.5 Å². The minimum atomic E-state index is -0.204. The highest BCUT2D eigenvalue weighted by Crippen LogP contribution is 2.21. The van der Waals surface area contributed by atoms with Crippen LogP contribution in [0.25, 0.3) is 10.9 Å². The molecule has 1 heterocycles. The lowest BCUT2D eigenvalue weighted by molar-refractivity contribution is -0.118. The lowest BCUT2D eigenvalue weighted by atomic mass is 10.1. The van der Waals surface area contributed by atoms with Crippen LogP contribution in [0.5, 0.6) is 0 Å². The second-order valence-corrected chi connectivity index (χ2v) is 10.3. The van der Waals surface area contributed by atoms with Crippen LogP contribution >= 0.6 is 27.7 Å². The number of nitrogens with one attached hydrogen (secondary N) is 2. The number of thioether (sulfide) groups is 1. The number of ether oxygens (including phenoxy) is 1. The number of rotatable bonds is 11. The van der Waals surface area contributed by atoms with Gasteiger partial charge in [-0.1, -0.05) is 70.2 Å². The molecule has 0 atom stereocenters. The summed E-state index contributed by atoms with van der Waals surface area (Å²) in [4.78, 5) is 43.0. The molecule has 2 N–H and O–H groups in total. The summed E-state index contributed by atoms with van der Waals surface area (Å²) in [6.07, 6.45) is 0. The molecule has 0 bridgehead atoms. The maximum Gasteiger partial charge on any atom is 0.262 e. The summed E-state index contributed by atoms with van der Waals surface area (Å²) in [5.41, 5.74) is 2.71. The van der Waals surface area contributed by atoms with Crippen LogP contribution in [0.2, 0.25) is 0 Å². The summed E-state index contributed by atoms with van der Waals surface area (Å²) in [6.45, 7) is 1.53. The van der Waals surface area contributed by atoms with E-state index in [-0.39, 0.29) is 29.7 Å². The number of halogens is 1. The number of methoxy groups -OCH3 is 1. The van der Waals surface area contributed by atoms with Crippen molar-refractivity contribution in [3.63, 3.8) is 0 Å². The first-order chi connectivity index (χ1) is 18.4. The predicted molar refractivity (Wildman–Crippen MR) is 152 cm³/mol. The zero-order chi connectivity index (χ0) is 26.9. The second-order valence-electron chi connectivity index (χ2n) is 8.44. The van der Waals surface area contributed by atoms with Crippen molar-refractivity contribution >= 4 is 50.4 Å². The molecular formula is C28H27BrN4O4S. The minimum Gasteiger partial charge on any atom is -0.383 e. The molecule has 4 aromatic rings. The molecule has 0 aliphatic heterocycles. The first kappa shape index (κ1) is 27.6. The molecule has 1 aromatic heterocycles.